The molecule has 0 aliphatic carbocycles. The van der Waals surface area contributed by atoms with Crippen molar-refractivity contribution in [2.75, 3.05) is 31.1 Å². The van der Waals surface area contributed by atoms with Gasteiger partial charge in [0.25, 0.3) is 0 Å². The molecule has 2 bridgehead atoms. The summed E-state index contributed by atoms with van der Waals surface area (Å²) in [5.41, 5.74) is 2.75. The Bertz CT molecular complexity index is 1290. The number of halogens is 2. The zero-order valence-electron chi connectivity index (χ0n) is 20.9. The quantitative estimate of drug-likeness (QED) is 0.296. The lowest BCUT2D eigenvalue weighted by Gasteiger charge is -2.51. The van der Waals surface area contributed by atoms with E-state index < -0.39 is 17.7 Å². The molecule has 0 unspecified atom stereocenters. The molecule has 6 rings (SSSR count). The number of benzene rings is 3. The van der Waals surface area contributed by atoms with Gasteiger partial charge in [-0.3, -0.25) is 9.69 Å². The molecular weight excluding hydrogens is 474 g/mol. The number of ether oxygens (including phenoxy) is 1. The van der Waals surface area contributed by atoms with Crippen molar-refractivity contribution in [3.8, 4) is 0 Å². The van der Waals surface area contributed by atoms with E-state index in [9.17, 15) is 18.4 Å². The highest BCUT2D eigenvalue weighted by molar-refractivity contribution is 5.97. The third kappa shape index (κ3) is 5.57. The second-order valence-corrected chi connectivity index (χ2v) is 10.4. The molecule has 3 saturated heterocycles. The normalized spacial score (nSPS) is 22.5. The summed E-state index contributed by atoms with van der Waals surface area (Å²) in [5, 5.41) is 0. The summed E-state index contributed by atoms with van der Waals surface area (Å²) in [4.78, 5) is 28.0. The van der Waals surface area contributed by atoms with Crippen LogP contribution >= 0.6 is 0 Å². The molecule has 0 spiro atoms. The Kier molecular flexibility index (Phi) is 7.07. The van der Waals surface area contributed by atoms with Gasteiger partial charge in [0.1, 0.15) is 13.1 Å². The van der Waals surface area contributed by atoms with Crippen molar-refractivity contribution in [1.82, 2.24) is 0 Å². The van der Waals surface area contributed by atoms with E-state index in [1.807, 2.05) is 55.5 Å². The number of Topliss-reactive ketones (excluding diaryl/α,β-unsaturated/α-hetero) is 1. The molecule has 0 saturated carbocycles. The predicted octanol–water partition coefficient (Wildman–Crippen LogP) is 5.91. The zero-order valence-corrected chi connectivity index (χ0v) is 20.9. The van der Waals surface area contributed by atoms with Gasteiger partial charge in [0.2, 0.25) is 5.78 Å². The number of aryl methyl sites for hydroxylation is 1. The highest BCUT2D eigenvalue weighted by Crippen LogP contribution is 2.36. The number of piperidine rings is 3. The number of ketones is 1. The molecule has 3 aliphatic rings. The minimum absolute atomic E-state index is 0.0450. The van der Waals surface area contributed by atoms with E-state index >= 15 is 0 Å². The first-order valence-electron chi connectivity index (χ1n) is 12.7. The molecule has 5 nitrogen and oxygen atoms in total. The summed E-state index contributed by atoms with van der Waals surface area (Å²) < 4.78 is 34.1. The van der Waals surface area contributed by atoms with Gasteiger partial charge in [-0.2, -0.15) is 0 Å². The third-order valence-electron chi connectivity index (χ3n) is 7.73. The summed E-state index contributed by atoms with van der Waals surface area (Å²) in [6.07, 6.45) is 0.957. The van der Waals surface area contributed by atoms with Crippen molar-refractivity contribution in [3.05, 3.63) is 101 Å². The van der Waals surface area contributed by atoms with Crippen LogP contribution in [-0.4, -0.2) is 48.6 Å². The molecule has 0 radical (unpaired) electrons. The van der Waals surface area contributed by atoms with E-state index in [0.29, 0.717) is 34.4 Å². The maximum atomic E-state index is 13.9. The van der Waals surface area contributed by atoms with Gasteiger partial charge in [-0.25, -0.2) is 13.6 Å². The molecule has 7 heteroatoms. The van der Waals surface area contributed by atoms with Gasteiger partial charge in [-0.15, -0.1) is 0 Å². The van der Waals surface area contributed by atoms with Crippen LogP contribution in [0.4, 0.5) is 19.3 Å². The summed E-state index contributed by atoms with van der Waals surface area (Å²) in [5.74, 6) is -1.54. The Morgan fingerprint density at radius 1 is 0.946 bits per heavy atom. The summed E-state index contributed by atoms with van der Waals surface area (Å²) in [6, 6.07) is 20.4. The van der Waals surface area contributed by atoms with E-state index in [0.717, 1.165) is 43.6 Å². The van der Waals surface area contributed by atoms with Crippen LogP contribution in [0.1, 0.15) is 34.3 Å². The van der Waals surface area contributed by atoms with Crippen molar-refractivity contribution in [3.63, 3.8) is 0 Å². The molecule has 0 N–H and O–H groups in total. The molecule has 3 heterocycles. The SMILES string of the molecule is Cc1cccc(N(Cc2ccc(F)c(F)c2)C(=O)O[C@H]2C[N+]3(CC(=O)c4ccccc4)CCC2CC3)c1. The lowest BCUT2D eigenvalue weighted by atomic mass is 9.83. The third-order valence-corrected chi connectivity index (χ3v) is 7.73. The number of anilines is 1. The maximum absolute atomic E-state index is 13.9. The molecule has 3 aromatic carbocycles. The number of carbonyl (C=O) groups excluding carboxylic acids is 2. The molecule has 3 aromatic rings. The summed E-state index contributed by atoms with van der Waals surface area (Å²) in [6.45, 7) is 4.75. The van der Waals surface area contributed by atoms with E-state index in [-0.39, 0.29) is 24.3 Å². The van der Waals surface area contributed by atoms with Crippen molar-refractivity contribution < 1.29 is 27.6 Å². The van der Waals surface area contributed by atoms with Crippen LogP contribution < -0.4 is 4.90 Å². The fourth-order valence-corrected chi connectivity index (χ4v) is 5.67. The van der Waals surface area contributed by atoms with Crippen molar-refractivity contribution in [1.29, 1.82) is 0 Å². The number of amides is 1. The smallest absolute Gasteiger partial charge is 0.415 e. The first-order chi connectivity index (χ1) is 17.8. The Hall–Kier alpha value is -3.58. The Morgan fingerprint density at radius 3 is 2.41 bits per heavy atom. The topological polar surface area (TPSA) is 46.6 Å². The standard InChI is InChI=1S/C30H31F2N2O3/c1-21-6-5-9-25(16-21)33(18-22-10-11-26(31)27(32)17-22)30(36)37-29-20-34(14-12-24(29)13-15-34)19-28(35)23-7-3-2-4-8-23/h2-11,16-17,24,29H,12-15,18-20H2,1H3/q+1/t24?,29-,34?/m0/s1. The number of nitrogens with zero attached hydrogens (tertiary/aromatic N) is 2. The van der Waals surface area contributed by atoms with E-state index in [4.69, 9.17) is 4.74 Å². The molecular formula is C30H31F2N2O3+. The van der Waals surface area contributed by atoms with Gasteiger partial charge >= 0.3 is 6.09 Å². The van der Waals surface area contributed by atoms with Crippen molar-refractivity contribution in [2.45, 2.75) is 32.4 Å². The number of rotatable bonds is 7. The van der Waals surface area contributed by atoms with Crippen molar-refractivity contribution in [2.24, 2.45) is 5.92 Å². The van der Waals surface area contributed by atoms with Crippen LogP contribution in [0.25, 0.3) is 0 Å². The zero-order chi connectivity index (χ0) is 26.0. The second kappa shape index (κ2) is 10.4. The minimum Gasteiger partial charge on any atom is -0.440 e. The predicted molar refractivity (Wildman–Crippen MR) is 137 cm³/mol. The van der Waals surface area contributed by atoms with Crippen LogP contribution in [-0.2, 0) is 11.3 Å². The fraction of sp³-hybridized carbons (Fsp3) is 0.333. The van der Waals surface area contributed by atoms with Gasteiger partial charge in [0.15, 0.2) is 17.7 Å². The minimum atomic E-state index is -0.957. The van der Waals surface area contributed by atoms with Crippen LogP contribution in [0.15, 0.2) is 72.8 Å². The molecule has 1 amide bonds. The van der Waals surface area contributed by atoms with Crippen molar-refractivity contribution >= 4 is 17.6 Å². The highest BCUT2D eigenvalue weighted by Gasteiger charge is 2.49. The number of hydrogen-bond donors (Lipinski definition) is 0. The fourth-order valence-electron chi connectivity index (χ4n) is 5.67. The maximum Gasteiger partial charge on any atom is 0.415 e. The molecule has 3 fully saturated rings. The monoisotopic (exact) mass is 505 g/mol. The summed E-state index contributed by atoms with van der Waals surface area (Å²) in [7, 11) is 0. The van der Waals surface area contributed by atoms with E-state index in [1.54, 1.807) is 6.07 Å². The van der Waals surface area contributed by atoms with Crippen LogP contribution in [0.2, 0.25) is 0 Å². The van der Waals surface area contributed by atoms with Gasteiger partial charge in [-0.05, 0) is 42.3 Å². The van der Waals surface area contributed by atoms with Crippen LogP contribution in [0.5, 0.6) is 0 Å². The van der Waals surface area contributed by atoms with Gasteiger partial charge < -0.3 is 9.22 Å². The van der Waals surface area contributed by atoms with E-state index in [1.165, 1.54) is 11.0 Å². The number of hydrogen-bond acceptors (Lipinski definition) is 3. The summed E-state index contributed by atoms with van der Waals surface area (Å²) >= 11 is 0. The van der Waals surface area contributed by atoms with Gasteiger partial charge in [0, 0.05) is 30.0 Å². The second-order valence-electron chi connectivity index (χ2n) is 10.4. The van der Waals surface area contributed by atoms with Crippen LogP contribution in [0, 0.1) is 24.5 Å². The highest BCUT2D eigenvalue weighted by atomic mass is 19.2. The number of carbonyl (C=O) groups is 2. The van der Waals surface area contributed by atoms with Gasteiger partial charge in [0.05, 0.1) is 19.6 Å². The lowest BCUT2D eigenvalue weighted by Crippen LogP contribution is -2.66. The molecule has 192 valence electrons. The van der Waals surface area contributed by atoms with Crippen LogP contribution in [0.3, 0.4) is 0 Å². The van der Waals surface area contributed by atoms with Gasteiger partial charge in [-0.1, -0.05) is 48.5 Å². The average molecular weight is 506 g/mol. The Balaban J connectivity index is 1.34. The largest absolute Gasteiger partial charge is 0.440 e. The Labute approximate surface area is 215 Å². The first kappa shape index (κ1) is 25.1. The van der Waals surface area contributed by atoms with E-state index in [2.05, 4.69) is 0 Å². The number of fused-ring (bicyclic) bond motifs is 3. The average Bonchev–Trinajstić information content (AvgIpc) is 2.90. The molecule has 1 atom stereocenters. The molecule has 0 aromatic heterocycles. The molecule has 3 aliphatic heterocycles. The molecule has 37 heavy (non-hydrogen) atoms. The Morgan fingerprint density at radius 2 is 1.70 bits per heavy atom. The number of quaternary nitrogens is 1. The first-order valence-corrected chi connectivity index (χ1v) is 12.7. The lowest BCUT2D eigenvalue weighted by molar-refractivity contribution is -0.938.